The summed E-state index contributed by atoms with van der Waals surface area (Å²) < 4.78 is 53.0. The van der Waals surface area contributed by atoms with Gasteiger partial charge < -0.3 is 18.9 Å². The molecule has 0 radical (unpaired) electrons. The average molecular weight is 397 g/mol. The van der Waals surface area contributed by atoms with Crippen LogP contribution in [0, 0.1) is 13.8 Å². The lowest BCUT2D eigenvalue weighted by molar-refractivity contribution is -0.159. The summed E-state index contributed by atoms with van der Waals surface area (Å²) in [5, 5.41) is 16.1. The number of alkyl halides is 3. The van der Waals surface area contributed by atoms with E-state index in [-0.39, 0.29) is 12.4 Å². The van der Waals surface area contributed by atoms with Crippen molar-refractivity contribution in [2.45, 2.75) is 39.5 Å². The van der Waals surface area contributed by atoms with Gasteiger partial charge in [-0.15, -0.1) is 0 Å². The van der Waals surface area contributed by atoms with Crippen LogP contribution in [0.1, 0.15) is 34.9 Å². The van der Waals surface area contributed by atoms with Crippen molar-refractivity contribution in [2.24, 2.45) is 0 Å². The largest absolute Gasteiger partial charge is 0.493 e. The molecule has 28 heavy (non-hydrogen) atoms. The van der Waals surface area contributed by atoms with Crippen LogP contribution in [-0.2, 0) is 19.2 Å². The van der Waals surface area contributed by atoms with Gasteiger partial charge in [-0.25, -0.2) is 0 Å². The van der Waals surface area contributed by atoms with E-state index in [1.54, 1.807) is 32.0 Å². The summed E-state index contributed by atoms with van der Waals surface area (Å²) in [6.45, 7) is 3.83. The van der Waals surface area contributed by atoms with Gasteiger partial charge in [0.25, 0.3) is 0 Å². The molecule has 3 aromatic rings. The summed E-state index contributed by atoms with van der Waals surface area (Å²) in [6.07, 6.45) is -3.41. The number of aliphatic hydroxyl groups is 1. The van der Waals surface area contributed by atoms with Crippen molar-refractivity contribution in [3.05, 3.63) is 46.7 Å². The van der Waals surface area contributed by atoms with Gasteiger partial charge in [-0.2, -0.15) is 18.2 Å². The van der Waals surface area contributed by atoms with E-state index in [2.05, 4.69) is 19.8 Å². The Labute approximate surface area is 158 Å². The molecular formula is C18H18F3N3O4. The fraction of sp³-hybridized carbons (Fsp3) is 0.389. The number of aromatic nitrogens is 3. The lowest BCUT2D eigenvalue weighted by Crippen LogP contribution is -2.05. The third-order valence-electron chi connectivity index (χ3n) is 3.97. The third-order valence-corrected chi connectivity index (χ3v) is 3.97. The van der Waals surface area contributed by atoms with E-state index in [1.807, 2.05) is 0 Å². The molecular weight excluding hydrogens is 379 g/mol. The molecule has 2 heterocycles. The third kappa shape index (κ3) is 4.50. The van der Waals surface area contributed by atoms with E-state index in [4.69, 9.17) is 14.4 Å². The van der Waals surface area contributed by atoms with E-state index in [9.17, 15) is 13.2 Å². The second kappa shape index (κ2) is 8.01. The molecule has 0 aliphatic rings. The van der Waals surface area contributed by atoms with E-state index < -0.39 is 12.1 Å². The van der Waals surface area contributed by atoms with Crippen LogP contribution in [-0.4, -0.2) is 27.0 Å². The predicted octanol–water partition coefficient (Wildman–Crippen LogP) is 3.86. The quantitative estimate of drug-likeness (QED) is 0.605. The Hall–Kier alpha value is -2.88. The number of hydrogen-bond donors (Lipinski definition) is 1. The topological polar surface area (TPSA) is 94.4 Å². The van der Waals surface area contributed by atoms with E-state index in [0.717, 1.165) is 11.1 Å². The van der Waals surface area contributed by atoms with Crippen molar-refractivity contribution in [3.63, 3.8) is 0 Å². The molecule has 0 aliphatic heterocycles. The van der Waals surface area contributed by atoms with Crippen molar-refractivity contribution in [2.75, 3.05) is 6.61 Å². The van der Waals surface area contributed by atoms with Crippen molar-refractivity contribution >= 4 is 0 Å². The van der Waals surface area contributed by atoms with E-state index in [1.165, 1.54) is 0 Å². The highest BCUT2D eigenvalue weighted by Gasteiger charge is 2.38. The second-order valence-corrected chi connectivity index (χ2v) is 6.25. The zero-order chi connectivity index (χ0) is 20.3. The maximum atomic E-state index is 12.6. The molecule has 0 saturated heterocycles. The van der Waals surface area contributed by atoms with Gasteiger partial charge >= 0.3 is 12.1 Å². The fourth-order valence-corrected chi connectivity index (χ4v) is 2.73. The first-order valence-electron chi connectivity index (χ1n) is 8.48. The standard InChI is InChI=1S/C18H18F3N3O4/c1-10-6-12(16-22-17(28-24-16)18(19,20)21)7-11(2)15(10)26-5-3-4-14-8-13(9-25)23-27-14/h6-8,25H,3-5,9H2,1-2H3. The van der Waals surface area contributed by atoms with Crippen LogP contribution in [0.25, 0.3) is 11.4 Å². The molecule has 0 fully saturated rings. The molecule has 0 atom stereocenters. The number of nitrogens with zero attached hydrogens (tertiary/aromatic N) is 3. The Morgan fingerprint density at radius 2 is 1.79 bits per heavy atom. The van der Waals surface area contributed by atoms with Crippen LogP contribution in [0.3, 0.4) is 0 Å². The molecule has 0 saturated carbocycles. The first kappa shape index (κ1) is 19.9. The van der Waals surface area contributed by atoms with Gasteiger partial charge in [-0.3, -0.25) is 0 Å². The molecule has 1 aromatic carbocycles. The van der Waals surface area contributed by atoms with Gasteiger partial charge in [0.15, 0.2) is 0 Å². The summed E-state index contributed by atoms with van der Waals surface area (Å²) in [5.41, 5.74) is 2.39. The van der Waals surface area contributed by atoms with Gasteiger partial charge in [0.2, 0.25) is 5.82 Å². The van der Waals surface area contributed by atoms with Crippen LogP contribution >= 0.6 is 0 Å². The first-order valence-corrected chi connectivity index (χ1v) is 8.48. The molecule has 0 aliphatic carbocycles. The fourth-order valence-electron chi connectivity index (χ4n) is 2.73. The number of ether oxygens (including phenoxy) is 1. The van der Waals surface area contributed by atoms with Crippen LogP contribution in [0.5, 0.6) is 5.75 Å². The molecule has 10 heteroatoms. The number of rotatable bonds is 7. The molecule has 2 aromatic heterocycles. The lowest BCUT2D eigenvalue weighted by atomic mass is 10.1. The lowest BCUT2D eigenvalue weighted by Gasteiger charge is -2.13. The van der Waals surface area contributed by atoms with Gasteiger partial charge in [0, 0.05) is 18.1 Å². The van der Waals surface area contributed by atoms with E-state index >= 15 is 0 Å². The van der Waals surface area contributed by atoms with Gasteiger partial charge in [0.05, 0.1) is 13.2 Å². The van der Waals surface area contributed by atoms with Crippen molar-refractivity contribution in [3.8, 4) is 17.1 Å². The molecule has 0 amide bonds. The maximum Gasteiger partial charge on any atom is 0.471 e. The Bertz CT molecular complexity index is 927. The summed E-state index contributed by atoms with van der Waals surface area (Å²) in [6, 6.07) is 4.99. The van der Waals surface area contributed by atoms with Crippen molar-refractivity contribution in [1.82, 2.24) is 15.3 Å². The number of benzene rings is 1. The number of aryl methyl sites for hydroxylation is 3. The molecule has 150 valence electrons. The summed E-state index contributed by atoms with van der Waals surface area (Å²) in [5.74, 6) is -0.198. The van der Waals surface area contributed by atoms with Crippen LogP contribution in [0.4, 0.5) is 13.2 Å². The molecule has 0 bridgehead atoms. The van der Waals surface area contributed by atoms with Crippen LogP contribution in [0.2, 0.25) is 0 Å². The minimum atomic E-state index is -4.68. The van der Waals surface area contributed by atoms with Crippen LogP contribution < -0.4 is 4.74 Å². The van der Waals surface area contributed by atoms with Crippen molar-refractivity contribution in [1.29, 1.82) is 0 Å². The Morgan fingerprint density at radius 1 is 1.07 bits per heavy atom. The summed E-state index contributed by atoms with van der Waals surface area (Å²) >= 11 is 0. The molecule has 0 unspecified atom stereocenters. The highest BCUT2D eigenvalue weighted by molar-refractivity contribution is 5.61. The highest BCUT2D eigenvalue weighted by Crippen LogP contribution is 2.32. The zero-order valence-corrected chi connectivity index (χ0v) is 15.2. The summed E-state index contributed by atoms with van der Waals surface area (Å²) in [7, 11) is 0. The minimum absolute atomic E-state index is 0.130. The zero-order valence-electron chi connectivity index (χ0n) is 15.2. The Morgan fingerprint density at radius 3 is 2.36 bits per heavy atom. The van der Waals surface area contributed by atoms with Crippen molar-refractivity contribution < 1.29 is 32.1 Å². The minimum Gasteiger partial charge on any atom is -0.493 e. The van der Waals surface area contributed by atoms with Gasteiger partial charge in [0.1, 0.15) is 17.2 Å². The summed E-state index contributed by atoms with van der Waals surface area (Å²) in [4.78, 5) is 3.40. The van der Waals surface area contributed by atoms with Gasteiger partial charge in [-0.05, 0) is 43.5 Å². The SMILES string of the molecule is Cc1cc(-c2noc(C(F)(F)F)n2)cc(C)c1OCCCc1cc(CO)no1. The van der Waals surface area contributed by atoms with E-state index in [0.29, 0.717) is 42.2 Å². The maximum absolute atomic E-state index is 12.6. The van der Waals surface area contributed by atoms with Gasteiger partial charge in [-0.1, -0.05) is 10.3 Å². The predicted molar refractivity (Wildman–Crippen MR) is 90.5 cm³/mol. The smallest absolute Gasteiger partial charge is 0.471 e. The molecule has 0 spiro atoms. The normalized spacial score (nSPS) is 11.8. The Balaban J connectivity index is 1.64. The number of hydrogen-bond acceptors (Lipinski definition) is 7. The molecule has 1 N–H and O–H groups in total. The monoisotopic (exact) mass is 397 g/mol. The molecule has 7 nitrogen and oxygen atoms in total. The highest BCUT2D eigenvalue weighted by atomic mass is 19.4. The Kier molecular flexibility index (Phi) is 5.68. The first-order chi connectivity index (χ1) is 13.3. The number of halogens is 3. The van der Waals surface area contributed by atoms with Crippen LogP contribution in [0.15, 0.2) is 27.2 Å². The number of aliphatic hydroxyl groups excluding tert-OH is 1. The molecule has 3 rings (SSSR count). The average Bonchev–Trinajstić information content (AvgIpc) is 3.29. The second-order valence-electron chi connectivity index (χ2n) is 6.25.